The fourth-order valence-corrected chi connectivity index (χ4v) is 3.12. The summed E-state index contributed by atoms with van der Waals surface area (Å²) in [5, 5.41) is 23.6. The Morgan fingerprint density at radius 1 is 1.37 bits per heavy atom. The van der Waals surface area contributed by atoms with E-state index < -0.39 is 4.92 Å². The number of para-hydroxylation sites is 1. The number of anilines is 1. The van der Waals surface area contributed by atoms with Crippen LogP contribution < -0.4 is 10.2 Å². The first-order chi connectivity index (χ1) is 9.20. The van der Waals surface area contributed by atoms with Crippen molar-refractivity contribution in [3.05, 3.63) is 33.9 Å². The summed E-state index contributed by atoms with van der Waals surface area (Å²) < 4.78 is 0. The molecule has 2 aliphatic heterocycles. The van der Waals surface area contributed by atoms with Crippen LogP contribution >= 0.6 is 0 Å². The third kappa shape index (κ3) is 1.92. The zero-order valence-corrected chi connectivity index (χ0v) is 10.4. The van der Waals surface area contributed by atoms with E-state index in [1.165, 1.54) is 6.07 Å². The SMILES string of the molecule is N#Cc1cccc(N2C[C@H]3CNC[C@H]3C2)c1[N+](=O)[O-]. The number of nitro benzene ring substituents is 1. The number of nitriles is 1. The molecule has 1 aromatic carbocycles. The van der Waals surface area contributed by atoms with E-state index in [9.17, 15) is 10.1 Å². The second-order valence-electron chi connectivity index (χ2n) is 5.13. The van der Waals surface area contributed by atoms with Crippen LogP contribution in [0, 0.1) is 33.3 Å². The van der Waals surface area contributed by atoms with Crippen molar-refractivity contribution in [3.8, 4) is 6.07 Å². The maximum absolute atomic E-state index is 11.2. The molecular formula is C13H14N4O2. The Bertz CT molecular complexity index is 554. The number of rotatable bonds is 2. The minimum atomic E-state index is -0.444. The summed E-state index contributed by atoms with van der Waals surface area (Å²) in [5.41, 5.74) is 0.661. The van der Waals surface area contributed by atoms with Crippen LogP contribution in [0.25, 0.3) is 0 Å². The summed E-state index contributed by atoms with van der Waals surface area (Å²) in [6, 6.07) is 6.87. The summed E-state index contributed by atoms with van der Waals surface area (Å²) in [6.45, 7) is 3.61. The molecule has 6 heteroatoms. The van der Waals surface area contributed by atoms with Crippen LogP contribution in [0.3, 0.4) is 0 Å². The van der Waals surface area contributed by atoms with Crippen LogP contribution in [0.5, 0.6) is 0 Å². The average Bonchev–Trinajstić information content (AvgIpc) is 2.98. The third-order valence-corrected chi connectivity index (χ3v) is 4.05. The summed E-state index contributed by atoms with van der Waals surface area (Å²) >= 11 is 0. The van der Waals surface area contributed by atoms with E-state index in [2.05, 4.69) is 10.2 Å². The van der Waals surface area contributed by atoms with Crippen LogP contribution in [0.1, 0.15) is 5.56 Å². The number of benzene rings is 1. The van der Waals surface area contributed by atoms with Gasteiger partial charge < -0.3 is 10.2 Å². The third-order valence-electron chi connectivity index (χ3n) is 4.05. The molecule has 2 fully saturated rings. The highest BCUT2D eigenvalue weighted by atomic mass is 16.6. The first kappa shape index (κ1) is 11.9. The largest absolute Gasteiger partial charge is 0.365 e. The van der Waals surface area contributed by atoms with Gasteiger partial charge in [-0.25, -0.2) is 0 Å². The molecule has 98 valence electrons. The minimum Gasteiger partial charge on any atom is -0.365 e. The lowest BCUT2D eigenvalue weighted by atomic mass is 10.0. The molecule has 0 spiro atoms. The van der Waals surface area contributed by atoms with Gasteiger partial charge in [0.15, 0.2) is 0 Å². The number of nitro groups is 1. The van der Waals surface area contributed by atoms with Gasteiger partial charge in [-0.05, 0) is 24.0 Å². The molecule has 2 atom stereocenters. The number of nitrogens with one attached hydrogen (secondary N) is 1. The van der Waals surface area contributed by atoms with Gasteiger partial charge in [0.2, 0.25) is 0 Å². The molecule has 0 aromatic heterocycles. The highest BCUT2D eigenvalue weighted by Gasteiger charge is 2.38. The van der Waals surface area contributed by atoms with E-state index in [0.717, 1.165) is 26.2 Å². The molecular weight excluding hydrogens is 244 g/mol. The molecule has 2 heterocycles. The lowest BCUT2D eigenvalue weighted by Gasteiger charge is -2.19. The number of hydrogen-bond donors (Lipinski definition) is 1. The maximum atomic E-state index is 11.2. The van der Waals surface area contributed by atoms with Crippen LogP contribution in [-0.2, 0) is 0 Å². The molecule has 6 nitrogen and oxygen atoms in total. The molecule has 1 N–H and O–H groups in total. The van der Waals surface area contributed by atoms with Crippen LogP contribution in [0.15, 0.2) is 18.2 Å². The predicted molar refractivity (Wildman–Crippen MR) is 69.9 cm³/mol. The second-order valence-corrected chi connectivity index (χ2v) is 5.13. The summed E-state index contributed by atoms with van der Waals surface area (Å²) in [7, 11) is 0. The van der Waals surface area contributed by atoms with Crippen molar-refractivity contribution in [1.29, 1.82) is 5.26 Å². The molecule has 19 heavy (non-hydrogen) atoms. The van der Waals surface area contributed by atoms with E-state index in [-0.39, 0.29) is 11.3 Å². The molecule has 2 saturated heterocycles. The summed E-state index contributed by atoms with van der Waals surface area (Å²) in [6.07, 6.45) is 0. The van der Waals surface area contributed by atoms with E-state index in [1.807, 2.05) is 6.07 Å². The minimum absolute atomic E-state index is 0.0575. The second kappa shape index (κ2) is 4.52. The molecule has 3 rings (SSSR count). The molecule has 0 saturated carbocycles. The molecule has 0 unspecified atom stereocenters. The predicted octanol–water partition coefficient (Wildman–Crippen LogP) is 1.12. The number of fused-ring (bicyclic) bond motifs is 1. The Hall–Kier alpha value is -2.13. The molecule has 1 aromatic rings. The molecule has 2 aliphatic rings. The van der Waals surface area contributed by atoms with Gasteiger partial charge in [0, 0.05) is 26.2 Å². The van der Waals surface area contributed by atoms with Gasteiger partial charge in [-0.3, -0.25) is 10.1 Å². The van der Waals surface area contributed by atoms with Crippen molar-refractivity contribution in [3.63, 3.8) is 0 Å². The zero-order chi connectivity index (χ0) is 13.4. The maximum Gasteiger partial charge on any atom is 0.310 e. The molecule has 0 amide bonds. The molecule has 0 bridgehead atoms. The smallest absolute Gasteiger partial charge is 0.310 e. The number of nitrogens with zero attached hydrogens (tertiary/aromatic N) is 3. The average molecular weight is 258 g/mol. The quantitative estimate of drug-likeness (QED) is 0.635. The molecule has 0 aliphatic carbocycles. The lowest BCUT2D eigenvalue weighted by Crippen LogP contribution is -2.26. The van der Waals surface area contributed by atoms with Crippen molar-refractivity contribution in [2.24, 2.45) is 11.8 Å². The fourth-order valence-electron chi connectivity index (χ4n) is 3.12. The van der Waals surface area contributed by atoms with E-state index in [4.69, 9.17) is 5.26 Å². The highest BCUT2D eigenvalue weighted by molar-refractivity contribution is 5.70. The molecule has 0 radical (unpaired) electrons. The van der Waals surface area contributed by atoms with Crippen molar-refractivity contribution < 1.29 is 4.92 Å². The van der Waals surface area contributed by atoms with Gasteiger partial charge >= 0.3 is 5.69 Å². The first-order valence-electron chi connectivity index (χ1n) is 6.34. The fraction of sp³-hybridized carbons (Fsp3) is 0.462. The standard InChI is InChI=1S/C13H14N4O2/c14-4-9-2-1-3-12(13(9)17(18)19)16-7-10-5-15-6-11(10)8-16/h1-3,10-11,15H,5-8H2/t10-,11+. The van der Waals surface area contributed by atoms with Crippen molar-refractivity contribution in [2.75, 3.05) is 31.1 Å². The van der Waals surface area contributed by atoms with Gasteiger partial charge in [-0.15, -0.1) is 0 Å². The zero-order valence-electron chi connectivity index (χ0n) is 10.4. The lowest BCUT2D eigenvalue weighted by molar-refractivity contribution is -0.384. The first-order valence-corrected chi connectivity index (χ1v) is 6.34. The monoisotopic (exact) mass is 258 g/mol. The Labute approximate surface area is 110 Å². The van der Waals surface area contributed by atoms with Gasteiger partial charge in [-0.1, -0.05) is 6.07 Å². The van der Waals surface area contributed by atoms with E-state index in [0.29, 0.717) is 17.5 Å². The van der Waals surface area contributed by atoms with Crippen molar-refractivity contribution in [1.82, 2.24) is 5.32 Å². The van der Waals surface area contributed by atoms with Crippen molar-refractivity contribution in [2.45, 2.75) is 0 Å². The van der Waals surface area contributed by atoms with E-state index >= 15 is 0 Å². The topological polar surface area (TPSA) is 82.2 Å². The van der Waals surface area contributed by atoms with E-state index in [1.54, 1.807) is 12.1 Å². The Morgan fingerprint density at radius 3 is 2.63 bits per heavy atom. The van der Waals surface area contributed by atoms with Gasteiger partial charge in [0.1, 0.15) is 17.3 Å². The highest BCUT2D eigenvalue weighted by Crippen LogP contribution is 2.37. The summed E-state index contributed by atoms with van der Waals surface area (Å²) in [4.78, 5) is 12.8. The number of hydrogen-bond acceptors (Lipinski definition) is 5. The van der Waals surface area contributed by atoms with Gasteiger partial charge in [-0.2, -0.15) is 5.26 Å². The van der Waals surface area contributed by atoms with Crippen LogP contribution in [0.2, 0.25) is 0 Å². The Morgan fingerprint density at radius 2 is 2.05 bits per heavy atom. The van der Waals surface area contributed by atoms with Crippen LogP contribution in [-0.4, -0.2) is 31.1 Å². The normalized spacial score (nSPS) is 25.1. The summed E-state index contributed by atoms with van der Waals surface area (Å²) in [5.74, 6) is 1.12. The Kier molecular flexibility index (Phi) is 2.84. The van der Waals surface area contributed by atoms with Crippen molar-refractivity contribution >= 4 is 11.4 Å². The van der Waals surface area contributed by atoms with Gasteiger partial charge in [0.25, 0.3) is 0 Å². The van der Waals surface area contributed by atoms with Crippen LogP contribution in [0.4, 0.5) is 11.4 Å². The van der Waals surface area contributed by atoms with Gasteiger partial charge in [0.05, 0.1) is 4.92 Å². The Balaban J connectivity index is 1.97.